The Morgan fingerprint density at radius 3 is 2.25 bits per heavy atom. The molecule has 0 spiro atoms. The molecule has 0 radical (unpaired) electrons. The molecule has 1 aromatic heterocycles. The van der Waals surface area contributed by atoms with Crippen molar-refractivity contribution in [3.05, 3.63) is 71.5 Å². The van der Waals surface area contributed by atoms with E-state index in [0.717, 1.165) is 38.4 Å². The maximum absolute atomic E-state index is 12.2. The molecule has 0 saturated heterocycles. The van der Waals surface area contributed by atoms with Crippen molar-refractivity contribution >= 4 is 23.4 Å². The fourth-order valence-corrected chi connectivity index (χ4v) is 3.59. The molecule has 0 bridgehead atoms. The number of carbonyl (C=O) groups excluding carboxylic acids is 1. The predicted molar refractivity (Wildman–Crippen MR) is 112 cm³/mol. The summed E-state index contributed by atoms with van der Waals surface area (Å²) in [6.45, 7) is 3.92. The van der Waals surface area contributed by atoms with E-state index in [1.807, 2.05) is 68.4 Å². The second-order valence-electron chi connectivity index (χ2n) is 6.46. The van der Waals surface area contributed by atoms with Crippen LogP contribution in [-0.4, -0.2) is 23.0 Å². The lowest BCUT2D eigenvalue weighted by Gasteiger charge is -2.07. The first-order chi connectivity index (χ1) is 13.5. The number of aryl methyl sites for hydroxylation is 3. The lowest BCUT2D eigenvalue weighted by atomic mass is 10.1. The Morgan fingerprint density at radius 2 is 1.64 bits per heavy atom. The Morgan fingerprint density at radius 1 is 1.00 bits per heavy atom. The molecular weight excluding hydrogens is 370 g/mol. The van der Waals surface area contributed by atoms with Gasteiger partial charge in [-0.05, 0) is 80.1 Å². The number of ether oxygens (including phenoxy) is 1. The molecule has 1 heterocycles. The van der Waals surface area contributed by atoms with E-state index in [1.54, 1.807) is 7.11 Å². The van der Waals surface area contributed by atoms with Crippen molar-refractivity contribution in [2.45, 2.75) is 36.7 Å². The van der Waals surface area contributed by atoms with Gasteiger partial charge < -0.3 is 10.1 Å². The lowest BCUT2D eigenvalue weighted by Crippen LogP contribution is -2.12. The minimum absolute atomic E-state index is 0.00568. The van der Waals surface area contributed by atoms with Crippen LogP contribution in [0.2, 0.25) is 0 Å². The third-order valence-corrected chi connectivity index (χ3v) is 4.98. The van der Waals surface area contributed by atoms with E-state index < -0.39 is 0 Å². The molecule has 3 rings (SSSR count). The van der Waals surface area contributed by atoms with Gasteiger partial charge in [-0.15, -0.1) is 0 Å². The van der Waals surface area contributed by atoms with E-state index in [1.165, 1.54) is 11.8 Å². The van der Waals surface area contributed by atoms with E-state index in [-0.39, 0.29) is 5.91 Å². The number of carbonyl (C=O) groups is 1. The molecule has 3 aromatic rings. The van der Waals surface area contributed by atoms with E-state index in [2.05, 4.69) is 15.3 Å². The number of amides is 1. The SMILES string of the molecule is COc1ccc(CCC(=O)Nc2ccc(Sc3nc(C)cc(C)n3)cc2)cc1. The van der Waals surface area contributed by atoms with E-state index in [0.29, 0.717) is 12.8 Å². The number of rotatable bonds is 7. The minimum Gasteiger partial charge on any atom is -0.497 e. The molecule has 0 saturated carbocycles. The number of anilines is 1. The molecule has 2 aromatic carbocycles. The Hall–Kier alpha value is -2.86. The molecule has 6 heteroatoms. The molecule has 0 fully saturated rings. The normalized spacial score (nSPS) is 10.5. The van der Waals surface area contributed by atoms with Gasteiger partial charge >= 0.3 is 0 Å². The number of nitrogens with one attached hydrogen (secondary N) is 1. The number of hydrogen-bond donors (Lipinski definition) is 1. The Labute approximate surface area is 169 Å². The van der Waals surface area contributed by atoms with Crippen LogP contribution >= 0.6 is 11.8 Å². The average Bonchev–Trinajstić information content (AvgIpc) is 2.67. The van der Waals surface area contributed by atoms with Crippen LogP contribution in [0.5, 0.6) is 5.75 Å². The Balaban J connectivity index is 1.52. The van der Waals surface area contributed by atoms with E-state index in [4.69, 9.17) is 4.74 Å². The molecule has 0 unspecified atom stereocenters. The van der Waals surface area contributed by atoms with Gasteiger partial charge in [-0.2, -0.15) is 0 Å². The zero-order valence-electron chi connectivity index (χ0n) is 16.2. The zero-order chi connectivity index (χ0) is 19.9. The summed E-state index contributed by atoms with van der Waals surface area (Å²) < 4.78 is 5.14. The highest BCUT2D eigenvalue weighted by Crippen LogP contribution is 2.26. The standard InChI is InChI=1S/C22H23N3O2S/c1-15-14-16(2)24-22(23-15)28-20-11-7-18(8-12-20)25-21(26)13-6-17-4-9-19(27-3)10-5-17/h4-5,7-12,14H,6,13H2,1-3H3,(H,25,26). The highest BCUT2D eigenvalue weighted by atomic mass is 32.2. The topological polar surface area (TPSA) is 64.1 Å². The summed E-state index contributed by atoms with van der Waals surface area (Å²) in [5, 5.41) is 3.67. The monoisotopic (exact) mass is 393 g/mol. The summed E-state index contributed by atoms with van der Waals surface area (Å²) >= 11 is 1.51. The molecule has 5 nitrogen and oxygen atoms in total. The Kier molecular flexibility index (Phi) is 6.66. The van der Waals surface area contributed by atoms with Gasteiger partial charge in [-0.1, -0.05) is 12.1 Å². The zero-order valence-corrected chi connectivity index (χ0v) is 17.0. The van der Waals surface area contributed by atoms with Crippen LogP contribution in [0.3, 0.4) is 0 Å². The van der Waals surface area contributed by atoms with E-state index in [9.17, 15) is 4.79 Å². The quantitative estimate of drug-likeness (QED) is 0.583. The maximum Gasteiger partial charge on any atom is 0.224 e. The highest BCUT2D eigenvalue weighted by molar-refractivity contribution is 7.99. The van der Waals surface area contributed by atoms with Crippen molar-refractivity contribution in [1.82, 2.24) is 9.97 Å². The number of methoxy groups -OCH3 is 1. The molecule has 1 N–H and O–H groups in total. The van der Waals surface area contributed by atoms with Crippen LogP contribution in [0.15, 0.2) is 64.6 Å². The first-order valence-corrected chi connectivity index (χ1v) is 9.86. The van der Waals surface area contributed by atoms with Crippen LogP contribution in [0.1, 0.15) is 23.4 Å². The van der Waals surface area contributed by atoms with Crippen molar-refractivity contribution in [2.75, 3.05) is 12.4 Å². The summed E-state index contributed by atoms with van der Waals surface area (Å²) in [5.74, 6) is 0.811. The summed E-state index contributed by atoms with van der Waals surface area (Å²) in [7, 11) is 1.64. The van der Waals surface area contributed by atoms with Crippen LogP contribution in [0, 0.1) is 13.8 Å². The largest absolute Gasteiger partial charge is 0.497 e. The maximum atomic E-state index is 12.2. The molecule has 0 aliphatic heterocycles. The fourth-order valence-electron chi connectivity index (χ4n) is 2.72. The molecule has 0 aliphatic rings. The van der Waals surface area contributed by atoms with Gasteiger partial charge in [0.25, 0.3) is 0 Å². The minimum atomic E-state index is -0.00568. The first-order valence-electron chi connectivity index (χ1n) is 9.05. The highest BCUT2D eigenvalue weighted by Gasteiger charge is 2.06. The van der Waals surface area contributed by atoms with Gasteiger partial charge in [0.15, 0.2) is 5.16 Å². The van der Waals surface area contributed by atoms with Gasteiger partial charge in [0.05, 0.1) is 7.11 Å². The van der Waals surface area contributed by atoms with E-state index >= 15 is 0 Å². The molecule has 0 aliphatic carbocycles. The summed E-state index contributed by atoms with van der Waals surface area (Å²) in [5.41, 5.74) is 3.80. The van der Waals surface area contributed by atoms with Crippen molar-refractivity contribution < 1.29 is 9.53 Å². The molecule has 0 atom stereocenters. The second kappa shape index (κ2) is 9.37. The van der Waals surface area contributed by atoms with Crippen molar-refractivity contribution in [1.29, 1.82) is 0 Å². The smallest absolute Gasteiger partial charge is 0.224 e. The number of nitrogens with zero attached hydrogens (tertiary/aromatic N) is 2. The molecule has 1 amide bonds. The van der Waals surface area contributed by atoms with Gasteiger partial charge in [-0.25, -0.2) is 9.97 Å². The van der Waals surface area contributed by atoms with Crippen LogP contribution < -0.4 is 10.1 Å². The van der Waals surface area contributed by atoms with Gasteiger partial charge in [-0.3, -0.25) is 4.79 Å². The number of benzene rings is 2. The number of aromatic nitrogens is 2. The number of hydrogen-bond acceptors (Lipinski definition) is 5. The second-order valence-corrected chi connectivity index (χ2v) is 7.50. The van der Waals surface area contributed by atoms with Crippen molar-refractivity contribution in [2.24, 2.45) is 0 Å². The van der Waals surface area contributed by atoms with Gasteiger partial charge in [0.2, 0.25) is 5.91 Å². The van der Waals surface area contributed by atoms with Crippen molar-refractivity contribution in [3.8, 4) is 5.75 Å². The molecule has 28 heavy (non-hydrogen) atoms. The average molecular weight is 394 g/mol. The first kappa shape index (κ1) is 19.9. The summed E-state index contributed by atoms with van der Waals surface area (Å²) in [6, 6.07) is 17.4. The Bertz CT molecular complexity index is 921. The third kappa shape index (κ3) is 5.82. The molecule has 144 valence electrons. The van der Waals surface area contributed by atoms with Crippen molar-refractivity contribution in [3.63, 3.8) is 0 Å². The summed E-state index contributed by atoms with van der Waals surface area (Å²) in [4.78, 5) is 22.1. The van der Waals surface area contributed by atoms with Gasteiger partial charge in [0, 0.05) is 28.4 Å². The van der Waals surface area contributed by atoms with Crippen LogP contribution in [-0.2, 0) is 11.2 Å². The fraction of sp³-hybridized carbons (Fsp3) is 0.227. The van der Waals surface area contributed by atoms with Gasteiger partial charge in [0.1, 0.15) is 5.75 Å². The third-order valence-electron chi connectivity index (χ3n) is 4.11. The summed E-state index contributed by atoms with van der Waals surface area (Å²) in [6.07, 6.45) is 1.12. The molecular formula is C22H23N3O2S. The lowest BCUT2D eigenvalue weighted by molar-refractivity contribution is -0.116. The van der Waals surface area contributed by atoms with Crippen LogP contribution in [0.25, 0.3) is 0 Å². The van der Waals surface area contributed by atoms with Crippen LogP contribution in [0.4, 0.5) is 5.69 Å². The predicted octanol–water partition coefficient (Wildman–Crippen LogP) is 4.82.